The van der Waals surface area contributed by atoms with Crippen molar-refractivity contribution in [3.63, 3.8) is 0 Å². The van der Waals surface area contributed by atoms with Crippen LogP contribution in [0.5, 0.6) is 17.2 Å². The van der Waals surface area contributed by atoms with E-state index in [0.29, 0.717) is 23.1 Å². The molecule has 1 aromatic carbocycles. The first-order valence-electron chi connectivity index (χ1n) is 18.2. The number of hydrogen-bond donors (Lipinski definition) is 2. The second-order valence-corrected chi connectivity index (χ2v) is 15.4. The average molecular weight is 683 g/mol. The number of carbonyl (C=O) groups is 2. The van der Waals surface area contributed by atoms with E-state index in [1.165, 1.54) is 35.3 Å². The lowest BCUT2D eigenvalue weighted by atomic mass is 9.62. The van der Waals surface area contributed by atoms with Crippen molar-refractivity contribution in [3.8, 4) is 17.2 Å². The van der Waals surface area contributed by atoms with Gasteiger partial charge in [-0.3, -0.25) is 9.59 Å². The van der Waals surface area contributed by atoms with Crippen molar-refractivity contribution < 1.29 is 29.3 Å². The summed E-state index contributed by atoms with van der Waals surface area (Å²) < 4.78 is 12.8. The highest BCUT2D eigenvalue weighted by atomic mass is 16.6. The van der Waals surface area contributed by atoms with Gasteiger partial charge in [-0.2, -0.15) is 0 Å². The standard InChI is InChI=1S/C44H58O6/c1-28(2)15-11-17-30(5)19-13-20-32(7)22-26-43-36(45)27-33(8)41(47)44(43,48)50-39-35-23-25-42(10,49-40(35)38(46)34(9)37(39)43)24-14-21-31(6)18-12-16-29(3)4/h15-16,19,21-23,25,27,46,48H,11-14,17-18,20,24,26H2,1-10H3/b30-19+,31-21-,32-22?/t42-,43?,44?/m1/s1. The summed E-state index contributed by atoms with van der Waals surface area (Å²) in [6, 6.07) is 0. The number of ether oxygens (including phenoxy) is 2. The topological polar surface area (TPSA) is 93.1 Å². The van der Waals surface area contributed by atoms with Gasteiger partial charge in [-0.05, 0) is 145 Å². The van der Waals surface area contributed by atoms with Gasteiger partial charge in [0.2, 0.25) is 5.78 Å². The molecule has 2 aliphatic heterocycles. The summed E-state index contributed by atoms with van der Waals surface area (Å²) >= 11 is 0. The van der Waals surface area contributed by atoms with Crippen LogP contribution >= 0.6 is 0 Å². The van der Waals surface area contributed by atoms with Gasteiger partial charge in [0.1, 0.15) is 16.8 Å². The Kier molecular flexibility index (Phi) is 12.1. The molecule has 2 heterocycles. The van der Waals surface area contributed by atoms with E-state index in [0.717, 1.165) is 50.5 Å². The molecule has 0 bridgehead atoms. The Balaban J connectivity index is 1.65. The van der Waals surface area contributed by atoms with Crippen molar-refractivity contribution in [1.29, 1.82) is 0 Å². The predicted molar refractivity (Wildman–Crippen MR) is 204 cm³/mol. The molecule has 1 aliphatic carbocycles. The molecule has 6 heteroatoms. The third kappa shape index (κ3) is 7.86. The summed E-state index contributed by atoms with van der Waals surface area (Å²) in [6.07, 6.45) is 23.2. The zero-order valence-electron chi connectivity index (χ0n) is 32.0. The van der Waals surface area contributed by atoms with Crippen LogP contribution in [-0.4, -0.2) is 33.2 Å². The molecule has 2 N–H and O–H groups in total. The van der Waals surface area contributed by atoms with E-state index >= 15 is 0 Å². The Hall–Kier alpha value is -3.90. The van der Waals surface area contributed by atoms with E-state index in [1.54, 1.807) is 6.92 Å². The largest absolute Gasteiger partial charge is 0.504 e. The molecule has 6 nitrogen and oxygen atoms in total. The molecule has 270 valence electrons. The number of phenols is 1. The lowest BCUT2D eigenvalue weighted by Crippen LogP contribution is -2.63. The monoisotopic (exact) mass is 682 g/mol. The molecule has 0 saturated heterocycles. The van der Waals surface area contributed by atoms with E-state index < -0.39 is 28.4 Å². The number of benzene rings is 1. The second-order valence-electron chi connectivity index (χ2n) is 15.4. The number of phenolic OH excluding ortho intramolecular Hbond substituents is 1. The molecule has 0 radical (unpaired) electrons. The van der Waals surface area contributed by atoms with Gasteiger partial charge >= 0.3 is 0 Å². The maximum Gasteiger partial charge on any atom is 0.290 e. The fraction of sp³-hybridized carbons (Fsp3) is 0.500. The van der Waals surface area contributed by atoms with Crippen molar-refractivity contribution in [2.45, 2.75) is 144 Å². The van der Waals surface area contributed by atoms with E-state index in [2.05, 4.69) is 65.8 Å². The van der Waals surface area contributed by atoms with Crippen LogP contribution in [0.2, 0.25) is 0 Å². The third-order valence-electron chi connectivity index (χ3n) is 10.4. The second kappa shape index (κ2) is 15.6. The zero-order valence-corrected chi connectivity index (χ0v) is 32.0. The van der Waals surface area contributed by atoms with Crippen LogP contribution in [0.25, 0.3) is 6.08 Å². The smallest absolute Gasteiger partial charge is 0.290 e. The van der Waals surface area contributed by atoms with Gasteiger partial charge in [0.05, 0.1) is 5.56 Å². The fourth-order valence-corrected chi connectivity index (χ4v) is 7.25. The molecule has 0 fully saturated rings. The summed E-state index contributed by atoms with van der Waals surface area (Å²) in [5, 5.41) is 23.9. The van der Waals surface area contributed by atoms with Gasteiger partial charge in [0.15, 0.2) is 17.3 Å². The Morgan fingerprint density at radius 3 is 1.88 bits per heavy atom. The summed E-state index contributed by atoms with van der Waals surface area (Å²) in [7, 11) is 0. The summed E-state index contributed by atoms with van der Waals surface area (Å²) in [6.45, 7) is 19.9. The van der Waals surface area contributed by atoms with E-state index in [1.807, 2.05) is 32.1 Å². The van der Waals surface area contributed by atoms with Crippen molar-refractivity contribution in [2.24, 2.45) is 0 Å². The van der Waals surface area contributed by atoms with Gasteiger partial charge in [0.25, 0.3) is 5.79 Å². The van der Waals surface area contributed by atoms with Gasteiger partial charge in [-0.1, -0.05) is 58.2 Å². The highest BCUT2D eigenvalue weighted by Gasteiger charge is 2.70. The molecule has 0 spiro atoms. The molecule has 0 aromatic heterocycles. The predicted octanol–water partition coefficient (Wildman–Crippen LogP) is 10.6. The van der Waals surface area contributed by atoms with Crippen molar-refractivity contribution in [1.82, 2.24) is 0 Å². The van der Waals surface area contributed by atoms with E-state index in [9.17, 15) is 19.8 Å². The number of Topliss-reactive ketones (excluding diaryl/α,β-unsaturated/α-hetero) is 1. The van der Waals surface area contributed by atoms with Crippen LogP contribution in [0.3, 0.4) is 0 Å². The number of fused-ring (bicyclic) bond motifs is 5. The van der Waals surface area contributed by atoms with Crippen LogP contribution in [0.1, 0.15) is 137 Å². The molecule has 4 rings (SSSR count). The Morgan fingerprint density at radius 2 is 1.30 bits per heavy atom. The minimum atomic E-state index is -2.46. The van der Waals surface area contributed by atoms with Crippen molar-refractivity contribution in [3.05, 3.63) is 92.7 Å². The molecule has 50 heavy (non-hydrogen) atoms. The zero-order chi connectivity index (χ0) is 37.0. The molecule has 0 saturated carbocycles. The van der Waals surface area contributed by atoms with Crippen molar-refractivity contribution >= 4 is 17.6 Å². The minimum absolute atomic E-state index is 0.0423. The number of rotatable bonds is 14. The Labute approximate surface area is 300 Å². The van der Waals surface area contributed by atoms with Crippen LogP contribution in [0, 0.1) is 6.92 Å². The average Bonchev–Trinajstić information content (AvgIpc) is 3.32. The molecule has 0 amide bonds. The number of allylic oxidation sites excluding steroid dienone is 11. The molecule has 2 unspecified atom stereocenters. The van der Waals surface area contributed by atoms with Gasteiger partial charge in [-0.25, -0.2) is 0 Å². The van der Waals surface area contributed by atoms with Crippen LogP contribution < -0.4 is 9.47 Å². The fourth-order valence-electron chi connectivity index (χ4n) is 7.25. The quantitative estimate of drug-likeness (QED) is 0.190. The highest BCUT2D eigenvalue weighted by Crippen LogP contribution is 2.61. The Bertz CT molecular complexity index is 1740. The maximum absolute atomic E-state index is 14.1. The van der Waals surface area contributed by atoms with Crippen molar-refractivity contribution in [2.75, 3.05) is 0 Å². The van der Waals surface area contributed by atoms with Gasteiger partial charge < -0.3 is 19.7 Å². The number of hydrogen-bond acceptors (Lipinski definition) is 6. The minimum Gasteiger partial charge on any atom is -0.504 e. The first-order chi connectivity index (χ1) is 23.5. The van der Waals surface area contributed by atoms with Gasteiger partial charge in [0, 0.05) is 16.7 Å². The third-order valence-corrected chi connectivity index (χ3v) is 10.4. The summed E-state index contributed by atoms with van der Waals surface area (Å²) in [5.74, 6) is -3.21. The molecule has 3 aliphatic rings. The molecular weight excluding hydrogens is 624 g/mol. The lowest BCUT2D eigenvalue weighted by molar-refractivity contribution is -0.188. The normalized spacial score (nSPS) is 24.5. The molecule has 3 atom stereocenters. The van der Waals surface area contributed by atoms with Crippen LogP contribution in [0.4, 0.5) is 0 Å². The molecule has 1 aromatic rings. The van der Waals surface area contributed by atoms with Crippen LogP contribution in [-0.2, 0) is 15.0 Å². The number of aliphatic hydroxyl groups is 1. The van der Waals surface area contributed by atoms with Gasteiger partial charge in [-0.15, -0.1) is 0 Å². The van der Waals surface area contributed by atoms with E-state index in [-0.39, 0.29) is 29.2 Å². The first kappa shape index (κ1) is 38.9. The van der Waals surface area contributed by atoms with E-state index in [4.69, 9.17) is 9.47 Å². The SMILES string of the molecule is CC(C)=CCC/C(C)=C\CC[C@]1(C)C=Cc2c(c(O)c(C)c3c2OC2(O)C(=O)C(C)=CC(=O)C32CC=C(C)CC/C=C(\C)CCC=C(C)C)O1. The molecular formula is C44H58O6. The van der Waals surface area contributed by atoms with Crippen LogP contribution in [0.15, 0.2) is 76.0 Å². The summed E-state index contributed by atoms with van der Waals surface area (Å²) in [4.78, 5) is 27.9. The first-order valence-corrected chi connectivity index (χ1v) is 18.2. The lowest BCUT2D eigenvalue weighted by Gasteiger charge is -2.40. The number of ketones is 2. The maximum atomic E-state index is 14.1. The Morgan fingerprint density at radius 1 is 0.760 bits per heavy atom. The number of aromatic hydroxyl groups is 1. The highest BCUT2D eigenvalue weighted by molar-refractivity contribution is 6.19. The number of carbonyl (C=O) groups excluding carboxylic acids is 2. The summed E-state index contributed by atoms with van der Waals surface area (Å²) in [5.41, 5.74) is 5.12.